The Hall–Kier alpha value is -1.88. The van der Waals surface area contributed by atoms with Gasteiger partial charge in [0.25, 0.3) is 0 Å². The second-order valence-corrected chi connectivity index (χ2v) is 5.27. The summed E-state index contributed by atoms with van der Waals surface area (Å²) in [6, 6.07) is 4.56. The molecule has 0 fully saturated rings. The van der Waals surface area contributed by atoms with E-state index in [1.165, 1.54) is 30.6 Å². The summed E-state index contributed by atoms with van der Waals surface area (Å²) < 4.78 is 17.8. The first-order valence-electron chi connectivity index (χ1n) is 5.69. The van der Waals surface area contributed by atoms with Crippen LogP contribution in [0.3, 0.4) is 0 Å². The van der Waals surface area contributed by atoms with Crippen molar-refractivity contribution in [1.29, 1.82) is 0 Å². The van der Waals surface area contributed by atoms with Gasteiger partial charge in [-0.15, -0.1) is 11.3 Å². The lowest BCUT2D eigenvalue weighted by Gasteiger charge is -2.04. The molecule has 0 unspecified atom stereocenters. The maximum absolute atomic E-state index is 13.1. The molecule has 0 spiro atoms. The predicted molar refractivity (Wildman–Crippen MR) is 74.9 cm³/mol. The average Bonchev–Trinajstić information content (AvgIpc) is 2.66. The maximum atomic E-state index is 13.1. The standard InChI is InChI=1S/C14H14FNO2S/c1-7-6-9(15)4-5-10(7)12-8(2)11(16)13(19-12)14(17)18-3/h4-6H,16H2,1-3H3. The van der Waals surface area contributed by atoms with Gasteiger partial charge in [0.15, 0.2) is 0 Å². The molecule has 0 aliphatic carbocycles. The largest absolute Gasteiger partial charge is 0.465 e. The molecule has 0 bridgehead atoms. The Morgan fingerprint density at radius 3 is 2.63 bits per heavy atom. The van der Waals surface area contributed by atoms with Gasteiger partial charge in [0, 0.05) is 4.88 Å². The lowest BCUT2D eigenvalue weighted by molar-refractivity contribution is 0.0607. The molecule has 0 radical (unpaired) electrons. The number of carbonyl (C=O) groups excluding carboxylic acids is 1. The Balaban J connectivity index is 2.60. The number of hydrogen-bond donors (Lipinski definition) is 1. The molecule has 0 atom stereocenters. The highest BCUT2D eigenvalue weighted by Gasteiger charge is 2.20. The van der Waals surface area contributed by atoms with Crippen LogP contribution in [0.4, 0.5) is 10.1 Å². The molecule has 0 amide bonds. The summed E-state index contributed by atoms with van der Waals surface area (Å²) in [5.41, 5.74) is 8.87. The first-order chi connectivity index (χ1) is 8.95. The number of benzene rings is 1. The van der Waals surface area contributed by atoms with Crippen molar-refractivity contribution in [2.75, 3.05) is 12.8 Å². The van der Waals surface area contributed by atoms with Crippen LogP contribution in [0.1, 0.15) is 20.8 Å². The molecular weight excluding hydrogens is 265 g/mol. The van der Waals surface area contributed by atoms with Crippen LogP contribution >= 0.6 is 11.3 Å². The second-order valence-electron chi connectivity index (χ2n) is 4.25. The van der Waals surface area contributed by atoms with E-state index >= 15 is 0 Å². The van der Waals surface area contributed by atoms with E-state index < -0.39 is 5.97 Å². The lowest BCUT2D eigenvalue weighted by Crippen LogP contribution is -2.01. The first kappa shape index (κ1) is 13.5. The molecule has 3 nitrogen and oxygen atoms in total. The Morgan fingerprint density at radius 1 is 1.37 bits per heavy atom. The third-order valence-electron chi connectivity index (χ3n) is 3.00. The van der Waals surface area contributed by atoms with Crippen LogP contribution in [0.25, 0.3) is 10.4 Å². The predicted octanol–water partition coefficient (Wildman–Crippen LogP) is 3.54. The van der Waals surface area contributed by atoms with E-state index in [0.29, 0.717) is 10.6 Å². The molecule has 2 rings (SSSR count). The van der Waals surface area contributed by atoms with Crippen LogP contribution < -0.4 is 5.73 Å². The summed E-state index contributed by atoms with van der Waals surface area (Å²) in [6.07, 6.45) is 0. The molecule has 5 heteroatoms. The lowest BCUT2D eigenvalue weighted by atomic mass is 10.0. The Morgan fingerprint density at radius 2 is 2.05 bits per heavy atom. The molecule has 0 aliphatic heterocycles. The summed E-state index contributed by atoms with van der Waals surface area (Å²) in [5, 5.41) is 0. The number of halogens is 1. The van der Waals surface area contributed by atoms with Crippen LogP contribution in [-0.4, -0.2) is 13.1 Å². The van der Waals surface area contributed by atoms with E-state index in [9.17, 15) is 9.18 Å². The van der Waals surface area contributed by atoms with Crippen molar-refractivity contribution in [3.05, 3.63) is 40.0 Å². The van der Waals surface area contributed by atoms with Crippen molar-refractivity contribution in [1.82, 2.24) is 0 Å². The smallest absolute Gasteiger partial charge is 0.350 e. The fourth-order valence-electron chi connectivity index (χ4n) is 1.91. The molecule has 1 heterocycles. The highest BCUT2D eigenvalue weighted by Crippen LogP contribution is 2.39. The number of rotatable bonds is 2. The molecular formula is C14H14FNO2S. The minimum Gasteiger partial charge on any atom is -0.465 e. The fourth-order valence-corrected chi connectivity index (χ4v) is 3.15. The normalized spacial score (nSPS) is 10.5. The monoisotopic (exact) mass is 279 g/mol. The van der Waals surface area contributed by atoms with Crippen LogP contribution in [-0.2, 0) is 4.74 Å². The van der Waals surface area contributed by atoms with Crippen LogP contribution in [0, 0.1) is 19.7 Å². The highest BCUT2D eigenvalue weighted by molar-refractivity contribution is 7.18. The van der Waals surface area contributed by atoms with Crippen molar-refractivity contribution in [2.24, 2.45) is 0 Å². The number of nitrogen functional groups attached to an aromatic ring is 1. The molecule has 19 heavy (non-hydrogen) atoms. The minimum absolute atomic E-state index is 0.281. The van der Waals surface area contributed by atoms with Gasteiger partial charge in [-0.2, -0.15) is 0 Å². The SMILES string of the molecule is COC(=O)c1sc(-c2ccc(F)cc2C)c(C)c1N. The van der Waals surface area contributed by atoms with Gasteiger partial charge >= 0.3 is 5.97 Å². The van der Waals surface area contributed by atoms with Gasteiger partial charge in [-0.25, -0.2) is 9.18 Å². The second kappa shape index (κ2) is 5.01. The van der Waals surface area contributed by atoms with Crippen molar-refractivity contribution >= 4 is 23.0 Å². The number of ether oxygens (including phenoxy) is 1. The number of nitrogens with two attached hydrogens (primary N) is 1. The number of methoxy groups -OCH3 is 1. The van der Waals surface area contributed by atoms with Crippen molar-refractivity contribution in [3.8, 4) is 10.4 Å². The molecule has 0 saturated carbocycles. The molecule has 100 valence electrons. The zero-order valence-corrected chi connectivity index (χ0v) is 11.7. The molecule has 2 aromatic rings. The van der Waals surface area contributed by atoms with E-state index in [-0.39, 0.29) is 5.82 Å². The van der Waals surface area contributed by atoms with E-state index in [0.717, 1.165) is 21.6 Å². The summed E-state index contributed by atoms with van der Waals surface area (Å²) in [7, 11) is 1.32. The number of anilines is 1. The summed E-state index contributed by atoms with van der Waals surface area (Å²) in [5.74, 6) is -0.728. The number of hydrogen-bond acceptors (Lipinski definition) is 4. The van der Waals surface area contributed by atoms with Crippen molar-refractivity contribution in [2.45, 2.75) is 13.8 Å². The van der Waals surface area contributed by atoms with Gasteiger partial charge in [0.05, 0.1) is 12.8 Å². The van der Waals surface area contributed by atoms with E-state index in [1.807, 2.05) is 13.8 Å². The topological polar surface area (TPSA) is 52.3 Å². The zero-order valence-electron chi connectivity index (χ0n) is 10.9. The molecule has 1 aromatic carbocycles. The molecule has 1 aromatic heterocycles. The third kappa shape index (κ3) is 2.33. The third-order valence-corrected chi connectivity index (χ3v) is 4.32. The number of thiophene rings is 1. The Labute approximate surface area is 114 Å². The number of esters is 1. The fraction of sp³-hybridized carbons (Fsp3) is 0.214. The van der Waals surface area contributed by atoms with E-state index in [1.54, 1.807) is 6.07 Å². The van der Waals surface area contributed by atoms with Gasteiger partial charge in [-0.05, 0) is 42.7 Å². The molecule has 0 aliphatic rings. The summed E-state index contributed by atoms with van der Waals surface area (Å²) in [4.78, 5) is 12.9. The first-order valence-corrected chi connectivity index (χ1v) is 6.51. The quantitative estimate of drug-likeness (QED) is 0.855. The average molecular weight is 279 g/mol. The van der Waals surface area contributed by atoms with Crippen LogP contribution in [0.2, 0.25) is 0 Å². The Bertz CT molecular complexity index is 649. The van der Waals surface area contributed by atoms with Gasteiger partial charge < -0.3 is 10.5 Å². The van der Waals surface area contributed by atoms with Gasteiger partial charge in [0.1, 0.15) is 10.7 Å². The van der Waals surface area contributed by atoms with Crippen LogP contribution in [0.15, 0.2) is 18.2 Å². The highest BCUT2D eigenvalue weighted by atomic mass is 32.1. The number of carbonyl (C=O) groups is 1. The van der Waals surface area contributed by atoms with Crippen LogP contribution in [0.5, 0.6) is 0 Å². The minimum atomic E-state index is -0.448. The molecule has 2 N–H and O–H groups in total. The maximum Gasteiger partial charge on any atom is 0.350 e. The van der Waals surface area contributed by atoms with Crippen molar-refractivity contribution in [3.63, 3.8) is 0 Å². The van der Waals surface area contributed by atoms with Gasteiger partial charge in [-0.1, -0.05) is 6.07 Å². The van der Waals surface area contributed by atoms with E-state index in [2.05, 4.69) is 0 Å². The van der Waals surface area contributed by atoms with Gasteiger partial charge in [-0.3, -0.25) is 0 Å². The van der Waals surface area contributed by atoms with E-state index in [4.69, 9.17) is 10.5 Å². The summed E-state index contributed by atoms with van der Waals surface area (Å²) >= 11 is 1.27. The van der Waals surface area contributed by atoms with Crippen molar-refractivity contribution < 1.29 is 13.9 Å². The summed E-state index contributed by atoms with van der Waals surface area (Å²) in [6.45, 7) is 3.67. The number of aryl methyl sites for hydroxylation is 1. The zero-order chi connectivity index (χ0) is 14.2. The van der Waals surface area contributed by atoms with Gasteiger partial charge in [0.2, 0.25) is 0 Å². The molecule has 0 saturated heterocycles. The Kier molecular flexibility index (Phi) is 3.57.